The fourth-order valence-electron chi connectivity index (χ4n) is 1.31. The molecular weight excluding hydrogens is 258 g/mol. The molecule has 0 saturated carbocycles. The number of aromatic carboxylic acids is 1. The van der Waals surface area contributed by atoms with E-state index in [4.69, 9.17) is 5.11 Å². The third-order valence-electron chi connectivity index (χ3n) is 2.07. The van der Waals surface area contributed by atoms with Gasteiger partial charge in [0.1, 0.15) is 11.4 Å². The molecule has 0 fully saturated rings. The number of pyridine rings is 1. The van der Waals surface area contributed by atoms with Gasteiger partial charge in [0.25, 0.3) is 0 Å². The van der Waals surface area contributed by atoms with Gasteiger partial charge in [-0.2, -0.15) is 0 Å². The standard InChI is InChI=1S/C10H15N3O4S/c1-2-13-18(16,17)7-6-12-9-8(10(14)15)4-3-5-11-9/h3-5,13H,2,6-7H2,1H3,(H,11,12)(H,14,15). The molecular formula is C10H15N3O4S. The number of nitrogens with one attached hydrogen (secondary N) is 2. The third kappa shape index (κ3) is 4.30. The minimum Gasteiger partial charge on any atom is -0.478 e. The van der Waals surface area contributed by atoms with Crippen molar-refractivity contribution in [3.8, 4) is 0 Å². The van der Waals surface area contributed by atoms with Crippen LogP contribution in [0.2, 0.25) is 0 Å². The summed E-state index contributed by atoms with van der Waals surface area (Å²) in [6.45, 7) is 2.10. The molecule has 1 aromatic heterocycles. The Hall–Kier alpha value is -1.67. The molecule has 1 rings (SSSR count). The average molecular weight is 273 g/mol. The number of rotatable bonds is 7. The molecule has 18 heavy (non-hydrogen) atoms. The third-order valence-corrected chi connectivity index (χ3v) is 3.54. The Labute approximate surface area is 105 Å². The second kappa shape index (κ2) is 6.31. The summed E-state index contributed by atoms with van der Waals surface area (Å²) in [5.74, 6) is -1.09. The van der Waals surface area contributed by atoms with E-state index in [0.717, 1.165) is 0 Å². The van der Waals surface area contributed by atoms with E-state index >= 15 is 0 Å². The molecule has 7 nitrogen and oxygen atoms in total. The van der Waals surface area contributed by atoms with E-state index < -0.39 is 16.0 Å². The quantitative estimate of drug-likeness (QED) is 0.651. The fourth-order valence-corrected chi connectivity index (χ4v) is 2.27. The summed E-state index contributed by atoms with van der Waals surface area (Å²) < 4.78 is 25.0. The summed E-state index contributed by atoms with van der Waals surface area (Å²) in [7, 11) is -3.32. The van der Waals surface area contributed by atoms with Gasteiger partial charge in [-0.05, 0) is 12.1 Å². The summed E-state index contributed by atoms with van der Waals surface area (Å²) in [4.78, 5) is 14.7. The van der Waals surface area contributed by atoms with Crippen LogP contribution < -0.4 is 10.0 Å². The van der Waals surface area contributed by atoms with Crippen LogP contribution in [-0.4, -0.2) is 43.3 Å². The van der Waals surface area contributed by atoms with Crippen molar-refractivity contribution in [2.75, 3.05) is 24.2 Å². The molecule has 1 heterocycles. The number of hydrogen-bond donors (Lipinski definition) is 3. The minimum atomic E-state index is -3.32. The number of sulfonamides is 1. The van der Waals surface area contributed by atoms with Crippen LogP contribution in [0.4, 0.5) is 5.82 Å². The Balaban J connectivity index is 2.62. The maximum Gasteiger partial charge on any atom is 0.339 e. The van der Waals surface area contributed by atoms with E-state index in [1.165, 1.54) is 18.3 Å². The van der Waals surface area contributed by atoms with Crippen LogP contribution >= 0.6 is 0 Å². The largest absolute Gasteiger partial charge is 0.478 e. The zero-order chi connectivity index (χ0) is 13.6. The van der Waals surface area contributed by atoms with Crippen molar-refractivity contribution >= 4 is 21.8 Å². The smallest absolute Gasteiger partial charge is 0.339 e. The molecule has 0 radical (unpaired) electrons. The first kappa shape index (κ1) is 14.4. The van der Waals surface area contributed by atoms with Crippen LogP contribution in [0.25, 0.3) is 0 Å². The minimum absolute atomic E-state index is 0.0124. The number of carbonyl (C=O) groups is 1. The maximum absolute atomic E-state index is 11.4. The zero-order valence-electron chi connectivity index (χ0n) is 9.88. The monoisotopic (exact) mass is 273 g/mol. The molecule has 0 bridgehead atoms. The van der Waals surface area contributed by atoms with E-state index in [-0.39, 0.29) is 23.7 Å². The van der Waals surface area contributed by atoms with Crippen molar-refractivity contribution in [2.45, 2.75) is 6.92 Å². The Kier molecular flexibility index (Phi) is 5.05. The summed E-state index contributed by atoms with van der Waals surface area (Å²) in [6.07, 6.45) is 1.44. The van der Waals surface area contributed by atoms with Crippen LogP contribution in [0.3, 0.4) is 0 Å². The van der Waals surface area contributed by atoms with Gasteiger partial charge in [-0.1, -0.05) is 6.92 Å². The molecule has 100 valence electrons. The van der Waals surface area contributed by atoms with Gasteiger partial charge in [0.15, 0.2) is 0 Å². The molecule has 0 unspecified atom stereocenters. The second-order valence-corrected chi connectivity index (χ2v) is 5.37. The molecule has 3 N–H and O–H groups in total. The topological polar surface area (TPSA) is 108 Å². The Morgan fingerprint density at radius 1 is 1.50 bits per heavy atom. The lowest BCUT2D eigenvalue weighted by molar-refractivity contribution is 0.0697. The van der Waals surface area contributed by atoms with Gasteiger partial charge in [0.05, 0.1) is 5.75 Å². The van der Waals surface area contributed by atoms with Crippen molar-refractivity contribution in [1.29, 1.82) is 0 Å². The van der Waals surface area contributed by atoms with E-state index in [1.807, 2.05) is 0 Å². The molecule has 0 aliphatic heterocycles. The van der Waals surface area contributed by atoms with Crippen LogP contribution in [0.15, 0.2) is 18.3 Å². The van der Waals surface area contributed by atoms with Crippen molar-refractivity contribution in [2.24, 2.45) is 0 Å². The van der Waals surface area contributed by atoms with E-state index in [2.05, 4.69) is 15.0 Å². The molecule has 0 amide bonds. The first-order valence-corrected chi connectivity index (χ1v) is 7.01. The average Bonchev–Trinajstić information content (AvgIpc) is 2.29. The van der Waals surface area contributed by atoms with Gasteiger partial charge in [0.2, 0.25) is 10.0 Å². The highest BCUT2D eigenvalue weighted by Crippen LogP contribution is 2.10. The van der Waals surface area contributed by atoms with Crippen LogP contribution in [0.1, 0.15) is 17.3 Å². The van der Waals surface area contributed by atoms with Crippen LogP contribution in [-0.2, 0) is 10.0 Å². The van der Waals surface area contributed by atoms with Gasteiger partial charge in [-0.15, -0.1) is 0 Å². The van der Waals surface area contributed by atoms with Crippen molar-refractivity contribution in [1.82, 2.24) is 9.71 Å². The normalized spacial score (nSPS) is 11.2. The molecule has 0 spiro atoms. The SMILES string of the molecule is CCNS(=O)(=O)CCNc1ncccc1C(=O)O. The fraction of sp³-hybridized carbons (Fsp3) is 0.400. The van der Waals surface area contributed by atoms with Gasteiger partial charge in [-0.3, -0.25) is 0 Å². The summed E-state index contributed by atoms with van der Waals surface area (Å²) in [5.41, 5.74) is 0.0124. The van der Waals surface area contributed by atoms with E-state index in [9.17, 15) is 13.2 Å². The van der Waals surface area contributed by atoms with Gasteiger partial charge >= 0.3 is 5.97 Å². The van der Waals surface area contributed by atoms with Gasteiger partial charge in [0, 0.05) is 19.3 Å². The molecule has 0 aliphatic rings. The van der Waals surface area contributed by atoms with Crippen molar-refractivity contribution < 1.29 is 18.3 Å². The molecule has 0 aliphatic carbocycles. The molecule has 0 saturated heterocycles. The van der Waals surface area contributed by atoms with E-state index in [1.54, 1.807) is 6.92 Å². The highest BCUT2D eigenvalue weighted by Gasteiger charge is 2.12. The molecule has 8 heteroatoms. The lowest BCUT2D eigenvalue weighted by Crippen LogP contribution is -2.29. The predicted octanol–water partition coefficient (Wildman–Crippen LogP) is 0.131. The number of nitrogens with zero attached hydrogens (tertiary/aromatic N) is 1. The summed E-state index contributed by atoms with van der Waals surface area (Å²) >= 11 is 0. The van der Waals surface area contributed by atoms with Crippen molar-refractivity contribution in [3.05, 3.63) is 23.9 Å². The van der Waals surface area contributed by atoms with Crippen molar-refractivity contribution in [3.63, 3.8) is 0 Å². The Morgan fingerprint density at radius 2 is 2.22 bits per heavy atom. The number of carboxylic acids is 1. The first-order chi connectivity index (χ1) is 8.46. The van der Waals surface area contributed by atoms with Crippen LogP contribution in [0.5, 0.6) is 0 Å². The Bertz CT molecular complexity index is 516. The summed E-state index contributed by atoms with van der Waals surface area (Å²) in [6, 6.07) is 2.90. The second-order valence-electron chi connectivity index (χ2n) is 3.45. The highest BCUT2D eigenvalue weighted by atomic mass is 32.2. The Morgan fingerprint density at radius 3 is 2.83 bits per heavy atom. The maximum atomic E-state index is 11.4. The van der Waals surface area contributed by atoms with E-state index in [0.29, 0.717) is 6.54 Å². The number of carboxylic acid groups (broad SMARTS) is 1. The predicted molar refractivity (Wildman–Crippen MR) is 67.1 cm³/mol. The van der Waals surface area contributed by atoms with Gasteiger partial charge in [-0.25, -0.2) is 22.9 Å². The highest BCUT2D eigenvalue weighted by molar-refractivity contribution is 7.89. The summed E-state index contributed by atoms with van der Waals surface area (Å²) in [5, 5.41) is 11.6. The first-order valence-electron chi connectivity index (χ1n) is 5.36. The lowest BCUT2D eigenvalue weighted by Gasteiger charge is -2.08. The van der Waals surface area contributed by atoms with Gasteiger partial charge < -0.3 is 10.4 Å². The molecule has 0 aromatic carbocycles. The zero-order valence-corrected chi connectivity index (χ0v) is 10.7. The number of anilines is 1. The number of hydrogen-bond acceptors (Lipinski definition) is 5. The van der Waals surface area contributed by atoms with Crippen LogP contribution in [0, 0.1) is 0 Å². The lowest BCUT2D eigenvalue weighted by atomic mass is 10.2. The number of aromatic nitrogens is 1. The molecule has 1 aromatic rings. The molecule has 0 atom stereocenters.